The minimum absolute atomic E-state index is 0.292. The Balaban J connectivity index is 4.00. The van der Waals surface area contributed by atoms with Crippen LogP contribution in [0.25, 0.3) is 0 Å². The van der Waals surface area contributed by atoms with Crippen molar-refractivity contribution in [2.24, 2.45) is 0 Å². The number of nitro groups is 1. The molecule has 0 spiro atoms. The van der Waals surface area contributed by atoms with Gasteiger partial charge in [-0.05, 0) is 0 Å². The topological polar surface area (TPSA) is 43.1 Å². The number of rotatable bonds is 2. The molecule has 0 radical (unpaired) electrons. The molecule has 0 atom stereocenters. The summed E-state index contributed by atoms with van der Waals surface area (Å²) in [6.07, 6.45) is -2.45. The highest BCUT2D eigenvalue weighted by atomic mass is 19.3. The van der Waals surface area contributed by atoms with Crippen molar-refractivity contribution in [3.8, 4) is 0 Å². The van der Waals surface area contributed by atoms with E-state index in [2.05, 4.69) is 0 Å². The molecule has 3 nitrogen and oxygen atoms in total. The Morgan fingerprint density at radius 2 is 2.22 bits per heavy atom. The van der Waals surface area contributed by atoms with Gasteiger partial charge >= 0.3 is 0 Å². The van der Waals surface area contributed by atoms with Crippen molar-refractivity contribution < 1.29 is 13.7 Å². The van der Waals surface area contributed by atoms with Gasteiger partial charge < -0.3 is 0 Å². The lowest BCUT2D eigenvalue weighted by molar-refractivity contribution is -0.425. The minimum atomic E-state index is -2.74. The molecule has 0 aromatic rings. The van der Waals surface area contributed by atoms with E-state index in [1.807, 2.05) is 0 Å². The third-order valence-electron chi connectivity index (χ3n) is 0.655. The second-order valence-corrected chi connectivity index (χ2v) is 1.40. The van der Waals surface area contributed by atoms with E-state index >= 15 is 0 Å². The normalized spacial score (nSPS) is 12.2. The Morgan fingerprint density at radius 1 is 1.78 bits per heavy atom. The van der Waals surface area contributed by atoms with Crippen molar-refractivity contribution in [2.45, 2.75) is 13.3 Å². The van der Waals surface area contributed by atoms with Gasteiger partial charge in [-0.2, -0.15) is 0 Å². The molecule has 0 aliphatic rings. The molecule has 0 aromatic carbocycles. The van der Waals surface area contributed by atoms with Crippen molar-refractivity contribution in [3.05, 3.63) is 21.9 Å². The van der Waals surface area contributed by atoms with Gasteiger partial charge in [-0.15, -0.1) is 0 Å². The minimum Gasteiger partial charge on any atom is -0.259 e. The van der Waals surface area contributed by atoms with E-state index in [1.165, 1.54) is 0 Å². The zero-order chi connectivity index (χ0) is 7.44. The molecule has 0 amide bonds. The SMILES string of the molecule is CC(=CC(F)F)[N+](=O)[O-]. The number of allylic oxidation sites excluding steroid dienone is 2. The second-order valence-electron chi connectivity index (χ2n) is 1.40. The Hall–Kier alpha value is -1.00. The highest BCUT2D eigenvalue weighted by Crippen LogP contribution is 2.00. The highest BCUT2D eigenvalue weighted by Gasteiger charge is 2.05. The van der Waals surface area contributed by atoms with Crippen molar-refractivity contribution in [2.75, 3.05) is 0 Å². The fourth-order valence-electron chi connectivity index (χ4n) is 0.243. The molecule has 52 valence electrons. The van der Waals surface area contributed by atoms with Gasteiger partial charge in [0.1, 0.15) is 0 Å². The maximum atomic E-state index is 11.3. The number of nitrogens with zero attached hydrogens (tertiary/aromatic N) is 1. The summed E-state index contributed by atoms with van der Waals surface area (Å²) in [6, 6.07) is 0. The standard InChI is InChI=1S/C4H5F2NO2/c1-3(7(8)9)2-4(5)6/h2,4H,1H3. The van der Waals surface area contributed by atoms with E-state index in [0.717, 1.165) is 6.92 Å². The molecular weight excluding hydrogens is 132 g/mol. The van der Waals surface area contributed by atoms with Crippen molar-refractivity contribution in [3.63, 3.8) is 0 Å². The van der Waals surface area contributed by atoms with Crippen LogP contribution in [0.2, 0.25) is 0 Å². The lowest BCUT2D eigenvalue weighted by Crippen LogP contribution is -1.96. The molecule has 0 unspecified atom stereocenters. The molecule has 0 bridgehead atoms. The number of hydrogen-bond donors (Lipinski definition) is 0. The number of halogens is 2. The van der Waals surface area contributed by atoms with Gasteiger partial charge in [0.15, 0.2) is 0 Å². The number of hydrogen-bond acceptors (Lipinski definition) is 2. The average Bonchev–Trinajstić information content (AvgIpc) is 1.63. The van der Waals surface area contributed by atoms with Crippen LogP contribution in [-0.4, -0.2) is 11.3 Å². The van der Waals surface area contributed by atoms with Crippen molar-refractivity contribution in [1.29, 1.82) is 0 Å². The molecule has 0 aliphatic heterocycles. The first-order chi connectivity index (χ1) is 4.04. The molecule has 0 saturated heterocycles. The average molecular weight is 137 g/mol. The predicted molar refractivity (Wildman–Crippen MR) is 26.8 cm³/mol. The molecule has 9 heavy (non-hydrogen) atoms. The van der Waals surface area contributed by atoms with Crippen LogP contribution in [0.5, 0.6) is 0 Å². The van der Waals surface area contributed by atoms with Gasteiger partial charge in [0.2, 0.25) is 5.70 Å². The molecule has 0 N–H and O–H groups in total. The van der Waals surface area contributed by atoms with Crippen LogP contribution in [0, 0.1) is 10.1 Å². The van der Waals surface area contributed by atoms with Crippen LogP contribution in [0.3, 0.4) is 0 Å². The molecule has 0 heterocycles. The van der Waals surface area contributed by atoms with Crippen LogP contribution >= 0.6 is 0 Å². The van der Waals surface area contributed by atoms with Gasteiger partial charge in [-0.1, -0.05) is 0 Å². The first-order valence-corrected chi connectivity index (χ1v) is 2.15. The van der Waals surface area contributed by atoms with E-state index in [4.69, 9.17) is 0 Å². The monoisotopic (exact) mass is 137 g/mol. The quantitative estimate of drug-likeness (QED) is 0.426. The van der Waals surface area contributed by atoms with Crippen LogP contribution < -0.4 is 0 Å². The molecule has 0 saturated carbocycles. The van der Waals surface area contributed by atoms with Crippen LogP contribution in [0.15, 0.2) is 11.8 Å². The molecule has 0 rings (SSSR count). The maximum absolute atomic E-state index is 11.3. The highest BCUT2D eigenvalue weighted by molar-refractivity contribution is 4.88. The number of alkyl halides is 2. The van der Waals surface area contributed by atoms with E-state index in [1.54, 1.807) is 0 Å². The van der Waals surface area contributed by atoms with Crippen LogP contribution in [0.1, 0.15) is 6.92 Å². The van der Waals surface area contributed by atoms with Gasteiger partial charge in [-0.25, -0.2) is 8.78 Å². The molecule has 5 heteroatoms. The Kier molecular flexibility index (Phi) is 2.77. The zero-order valence-corrected chi connectivity index (χ0v) is 4.67. The summed E-state index contributed by atoms with van der Waals surface area (Å²) in [5, 5.41) is 9.64. The van der Waals surface area contributed by atoms with Crippen molar-refractivity contribution >= 4 is 0 Å². The second kappa shape index (κ2) is 3.11. The van der Waals surface area contributed by atoms with Crippen LogP contribution in [0.4, 0.5) is 8.78 Å². The molecule has 0 aliphatic carbocycles. The zero-order valence-electron chi connectivity index (χ0n) is 4.67. The van der Waals surface area contributed by atoms with E-state index in [0.29, 0.717) is 6.08 Å². The fraction of sp³-hybridized carbons (Fsp3) is 0.500. The summed E-state index contributed by atoms with van der Waals surface area (Å²) >= 11 is 0. The van der Waals surface area contributed by atoms with Crippen LogP contribution in [-0.2, 0) is 0 Å². The molecular formula is C4H5F2NO2. The van der Waals surface area contributed by atoms with E-state index in [9.17, 15) is 18.9 Å². The largest absolute Gasteiger partial charge is 0.263 e. The van der Waals surface area contributed by atoms with E-state index < -0.39 is 17.0 Å². The summed E-state index contributed by atoms with van der Waals surface area (Å²) in [6.45, 7) is 1.02. The van der Waals surface area contributed by atoms with Gasteiger partial charge in [0.05, 0.1) is 11.0 Å². The van der Waals surface area contributed by atoms with E-state index in [-0.39, 0.29) is 0 Å². The lowest BCUT2D eigenvalue weighted by Gasteiger charge is -1.87. The summed E-state index contributed by atoms with van der Waals surface area (Å²) in [7, 11) is 0. The van der Waals surface area contributed by atoms with Gasteiger partial charge in [0.25, 0.3) is 6.43 Å². The summed E-state index contributed by atoms with van der Waals surface area (Å²) in [5.41, 5.74) is -0.523. The third-order valence-corrected chi connectivity index (χ3v) is 0.655. The summed E-state index contributed by atoms with van der Waals surface area (Å²) in [5.74, 6) is 0. The Morgan fingerprint density at radius 3 is 2.33 bits per heavy atom. The Bertz CT molecular complexity index is 144. The first-order valence-electron chi connectivity index (χ1n) is 2.15. The molecule has 0 fully saturated rings. The van der Waals surface area contributed by atoms with Gasteiger partial charge in [-0.3, -0.25) is 10.1 Å². The third kappa shape index (κ3) is 3.57. The Labute approximate surface area is 50.1 Å². The fourth-order valence-corrected chi connectivity index (χ4v) is 0.243. The summed E-state index contributed by atoms with van der Waals surface area (Å²) in [4.78, 5) is 8.78. The van der Waals surface area contributed by atoms with Gasteiger partial charge in [0, 0.05) is 6.92 Å². The predicted octanol–water partition coefficient (Wildman–Crippen LogP) is 1.43. The lowest BCUT2D eigenvalue weighted by atomic mass is 10.4. The first kappa shape index (κ1) is 8.00. The smallest absolute Gasteiger partial charge is 0.259 e. The van der Waals surface area contributed by atoms with Crippen molar-refractivity contribution in [1.82, 2.24) is 0 Å². The molecule has 0 aromatic heterocycles. The summed E-state index contributed by atoms with van der Waals surface area (Å²) < 4.78 is 22.5. The maximum Gasteiger partial charge on any atom is 0.263 e.